The van der Waals surface area contributed by atoms with Gasteiger partial charge in [0.1, 0.15) is 5.60 Å². The lowest BCUT2D eigenvalue weighted by Gasteiger charge is -2.43. The van der Waals surface area contributed by atoms with Gasteiger partial charge < -0.3 is 20.1 Å². The van der Waals surface area contributed by atoms with Crippen molar-refractivity contribution in [3.63, 3.8) is 0 Å². The molecule has 0 aromatic carbocycles. The second kappa shape index (κ2) is 6.75. The molecular formula is C17H32N2O3. The fourth-order valence-electron chi connectivity index (χ4n) is 3.87. The lowest BCUT2D eigenvalue weighted by atomic mass is 9.78. The van der Waals surface area contributed by atoms with Gasteiger partial charge in [-0.3, -0.25) is 0 Å². The number of nitrogens with one attached hydrogen (secondary N) is 2. The smallest absolute Gasteiger partial charge is 0.408 e. The molecule has 128 valence electrons. The first-order valence-corrected chi connectivity index (χ1v) is 8.55. The molecule has 1 amide bonds. The molecule has 1 heterocycles. The van der Waals surface area contributed by atoms with Crippen molar-refractivity contribution in [1.29, 1.82) is 0 Å². The molecule has 0 aromatic rings. The molecule has 1 aliphatic carbocycles. The van der Waals surface area contributed by atoms with Crippen molar-refractivity contribution in [3.05, 3.63) is 0 Å². The summed E-state index contributed by atoms with van der Waals surface area (Å²) in [6.45, 7) is 7.67. The van der Waals surface area contributed by atoms with Crippen LogP contribution in [-0.4, -0.2) is 43.0 Å². The monoisotopic (exact) mass is 312 g/mol. The van der Waals surface area contributed by atoms with E-state index in [0.29, 0.717) is 0 Å². The van der Waals surface area contributed by atoms with Gasteiger partial charge in [0.05, 0.1) is 5.60 Å². The number of carbonyl (C=O) groups excluding carboxylic acids is 1. The molecule has 2 rings (SSSR count). The molecule has 0 bridgehead atoms. The molecule has 0 spiro atoms. The molecule has 2 aliphatic rings. The largest absolute Gasteiger partial charge is 0.444 e. The summed E-state index contributed by atoms with van der Waals surface area (Å²) >= 11 is 0. The number of hydrogen-bond acceptors (Lipinski definition) is 4. The Bertz CT molecular complexity index is 378. The Hall–Kier alpha value is -0.810. The number of ether oxygens (including phenoxy) is 2. The van der Waals surface area contributed by atoms with Crippen LogP contribution in [0.5, 0.6) is 0 Å². The minimum Gasteiger partial charge on any atom is -0.444 e. The lowest BCUT2D eigenvalue weighted by Crippen LogP contribution is -2.55. The fourth-order valence-corrected chi connectivity index (χ4v) is 3.87. The van der Waals surface area contributed by atoms with Gasteiger partial charge in [-0.15, -0.1) is 0 Å². The third-order valence-electron chi connectivity index (χ3n) is 4.94. The summed E-state index contributed by atoms with van der Waals surface area (Å²) in [5, 5.41) is 6.58. The first-order chi connectivity index (χ1) is 10.3. The highest BCUT2D eigenvalue weighted by atomic mass is 16.6. The molecule has 5 nitrogen and oxygen atoms in total. The lowest BCUT2D eigenvalue weighted by molar-refractivity contribution is -0.0597. The summed E-state index contributed by atoms with van der Waals surface area (Å²) < 4.78 is 11.4. The molecule has 2 fully saturated rings. The number of alkyl carbamates (subject to hydrolysis) is 1. The molecule has 0 radical (unpaired) electrons. The van der Waals surface area contributed by atoms with E-state index in [4.69, 9.17) is 9.47 Å². The second-order valence-electron chi connectivity index (χ2n) is 7.93. The van der Waals surface area contributed by atoms with E-state index in [1.54, 1.807) is 7.11 Å². The van der Waals surface area contributed by atoms with Gasteiger partial charge in [-0.2, -0.15) is 0 Å². The zero-order chi connectivity index (χ0) is 16.3. The molecule has 1 aliphatic heterocycles. The van der Waals surface area contributed by atoms with Crippen molar-refractivity contribution in [2.45, 2.75) is 82.5 Å². The molecule has 1 saturated heterocycles. The minimum absolute atomic E-state index is 0.120. The molecule has 22 heavy (non-hydrogen) atoms. The maximum Gasteiger partial charge on any atom is 0.408 e. The van der Waals surface area contributed by atoms with E-state index in [1.807, 2.05) is 20.8 Å². The van der Waals surface area contributed by atoms with Crippen molar-refractivity contribution in [3.8, 4) is 0 Å². The highest BCUT2D eigenvalue weighted by Gasteiger charge is 2.45. The number of carbonyl (C=O) groups is 1. The first-order valence-electron chi connectivity index (χ1n) is 8.55. The molecule has 1 saturated carbocycles. The van der Waals surface area contributed by atoms with E-state index in [-0.39, 0.29) is 17.2 Å². The highest BCUT2D eigenvalue weighted by Crippen LogP contribution is 2.40. The number of piperidine rings is 1. The fraction of sp³-hybridized carbons (Fsp3) is 0.941. The van der Waals surface area contributed by atoms with Gasteiger partial charge in [-0.05, 0) is 66.0 Å². The predicted molar refractivity (Wildman–Crippen MR) is 87.0 cm³/mol. The van der Waals surface area contributed by atoms with Crippen LogP contribution in [0.25, 0.3) is 0 Å². The van der Waals surface area contributed by atoms with Crippen LogP contribution in [0.15, 0.2) is 0 Å². The molecule has 0 unspecified atom stereocenters. The quantitative estimate of drug-likeness (QED) is 0.838. The van der Waals surface area contributed by atoms with Crippen LogP contribution in [0.2, 0.25) is 0 Å². The predicted octanol–water partition coefficient (Wildman–Crippen LogP) is 2.98. The highest BCUT2D eigenvalue weighted by molar-refractivity contribution is 5.69. The summed E-state index contributed by atoms with van der Waals surface area (Å²) in [7, 11) is 1.81. The summed E-state index contributed by atoms with van der Waals surface area (Å²) in [6.07, 6.45) is 6.95. The van der Waals surface area contributed by atoms with E-state index in [0.717, 1.165) is 58.0 Å². The average Bonchev–Trinajstić information content (AvgIpc) is 2.85. The van der Waals surface area contributed by atoms with Crippen molar-refractivity contribution in [2.75, 3.05) is 20.2 Å². The summed E-state index contributed by atoms with van der Waals surface area (Å²) in [5.74, 6) is 0. The standard InChI is InChI=1S/C17H32N2O3/c1-15(2,3)22-14(20)19-16(7-5-6-8-16)13-17(21-4)9-11-18-12-10-17/h18H,5-13H2,1-4H3,(H,19,20). The Morgan fingerprint density at radius 3 is 2.23 bits per heavy atom. The molecule has 2 N–H and O–H groups in total. The van der Waals surface area contributed by atoms with Gasteiger partial charge in [0.15, 0.2) is 0 Å². The van der Waals surface area contributed by atoms with Gasteiger partial charge in [-0.25, -0.2) is 4.79 Å². The van der Waals surface area contributed by atoms with Gasteiger partial charge >= 0.3 is 6.09 Å². The number of hydrogen-bond donors (Lipinski definition) is 2. The Labute approximate surface area is 134 Å². The van der Waals surface area contributed by atoms with Gasteiger partial charge in [0, 0.05) is 12.6 Å². The number of amides is 1. The number of methoxy groups -OCH3 is 1. The molecular weight excluding hydrogens is 280 g/mol. The topological polar surface area (TPSA) is 59.6 Å². The Balaban J connectivity index is 2.06. The zero-order valence-corrected chi connectivity index (χ0v) is 14.6. The van der Waals surface area contributed by atoms with Gasteiger partial charge in [-0.1, -0.05) is 12.8 Å². The molecule has 5 heteroatoms. The van der Waals surface area contributed by atoms with Gasteiger partial charge in [0.25, 0.3) is 0 Å². The molecule has 0 atom stereocenters. The number of rotatable bonds is 4. The van der Waals surface area contributed by atoms with Crippen LogP contribution in [0, 0.1) is 0 Å². The summed E-state index contributed by atoms with van der Waals surface area (Å²) in [4.78, 5) is 12.3. The van der Waals surface area contributed by atoms with Crippen LogP contribution in [0.3, 0.4) is 0 Å². The van der Waals surface area contributed by atoms with E-state index in [2.05, 4.69) is 10.6 Å². The van der Waals surface area contributed by atoms with Crippen molar-refractivity contribution in [1.82, 2.24) is 10.6 Å². The van der Waals surface area contributed by atoms with E-state index >= 15 is 0 Å². The third-order valence-corrected chi connectivity index (χ3v) is 4.94. The van der Waals surface area contributed by atoms with Gasteiger partial charge in [0.2, 0.25) is 0 Å². The van der Waals surface area contributed by atoms with Crippen LogP contribution >= 0.6 is 0 Å². The summed E-state index contributed by atoms with van der Waals surface area (Å²) in [6, 6.07) is 0. The van der Waals surface area contributed by atoms with Crippen LogP contribution in [-0.2, 0) is 9.47 Å². The van der Waals surface area contributed by atoms with Crippen LogP contribution < -0.4 is 10.6 Å². The Morgan fingerprint density at radius 2 is 1.73 bits per heavy atom. The van der Waals surface area contributed by atoms with Crippen LogP contribution in [0.1, 0.15) is 65.7 Å². The maximum atomic E-state index is 12.3. The average molecular weight is 312 g/mol. The van der Waals surface area contributed by atoms with E-state index in [9.17, 15) is 4.79 Å². The van der Waals surface area contributed by atoms with Crippen LogP contribution in [0.4, 0.5) is 4.79 Å². The Kier molecular flexibility index (Phi) is 5.38. The SMILES string of the molecule is COC1(CC2(NC(=O)OC(C)(C)C)CCCC2)CCNCC1. The second-order valence-corrected chi connectivity index (χ2v) is 7.93. The van der Waals surface area contributed by atoms with Crippen molar-refractivity contribution >= 4 is 6.09 Å². The molecule has 0 aromatic heterocycles. The zero-order valence-electron chi connectivity index (χ0n) is 14.6. The van der Waals surface area contributed by atoms with Crippen molar-refractivity contribution in [2.24, 2.45) is 0 Å². The van der Waals surface area contributed by atoms with E-state index in [1.165, 1.54) is 0 Å². The maximum absolute atomic E-state index is 12.3. The Morgan fingerprint density at radius 1 is 1.14 bits per heavy atom. The minimum atomic E-state index is -0.461. The van der Waals surface area contributed by atoms with Crippen molar-refractivity contribution < 1.29 is 14.3 Å². The first kappa shape index (κ1) is 17.5. The van der Waals surface area contributed by atoms with E-state index < -0.39 is 5.60 Å². The summed E-state index contributed by atoms with van der Waals surface area (Å²) in [5.41, 5.74) is -0.752. The normalized spacial score (nSPS) is 24.0. The third kappa shape index (κ3) is 4.59.